The molecular formula is C65H60N2O2. The molecule has 0 bridgehead atoms. The third-order valence-corrected chi connectivity index (χ3v) is 17.9. The van der Waals surface area contributed by atoms with Crippen LogP contribution in [-0.4, -0.2) is 25.3 Å². The minimum absolute atomic E-state index is 0.213. The highest BCUT2D eigenvalue weighted by atomic mass is 16.5. The molecule has 3 aliphatic carbocycles. The number of methoxy groups -OCH3 is 2. The molecule has 4 atom stereocenters. The number of fused-ring (bicyclic) bond motifs is 9. The van der Waals surface area contributed by atoms with Crippen molar-refractivity contribution in [2.24, 2.45) is 0 Å². The molecule has 0 N–H and O–H groups in total. The number of benzene rings is 8. The van der Waals surface area contributed by atoms with Crippen LogP contribution in [0.4, 0.5) is 22.7 Å². The zero-order valence-corrected chi connectivity index (χ0v) is 40.3. The number of para-hydroxylation sites is 2. The monoisotopic (exact) mass is 900 g/mol. The Bertz CT molecular complexity index is 3040. The van der Waals surface area contributed by atoms with E-state index in [1.165, 1.54) is 102 Å². The van der Waals surface area contributed by atoms with Crippen LogP contribution < -0.4 is 9.80 Å². The summed E-state index contributed by atoms with van der Waals surface area (Å²) in [5, 5.41) is 0. The Morgan fingerprint density at radius 2 is 0.696 bits per heavy atom. The molecule has 5 aliphatic rings. The number of hydrogen-bond donors (Lipinski definition) is 0. The van der Waals surface area contributed by atoms with Crippen molar-refractivity contribution in [3.05, 3.63) is 228 Å². The quantitative estimate of drug-likeness (QED) is 0.152. The standard InChI is InChI=1S/C65H60N2O2/c1-61-37-17-19-39-63(61,68-3)57-43-47(31-35-59(57)66(61)51-25-13-7-14-26-51)45-29-33-53-54-34-30-46(42-56(54)65(55(53)41-45,49-21-9-5-10-22-49)50-23-11-6-12-24-50)48-32-36-60-58(44-48)64(69-4)40-20-18-38-62(64,2)67(60)52-27-15-8-16-28-52/h5-16,21-36,41-44H,17-20,37-40H2,1-4H3. The molecule has 0 spiro atoms. The third-order valence-electron chi connectivity index (χ3n) is 17.9. The van der Waals surface area contributed by atoms with E-state index in [1.54, 1.807) is 0 Å². The van der Waals surface area contributed by atoms with Crippen molar-refractivity contribution in [1.29, 1.82) is 0 Å². The van der Waals surface area contributed by atoms with Crippen molar-refractivity contribution in [3.63, 3.8) is 0 Å². The van der Waals surface area contributed by atoms with Gasteiger partial charge in [-0.3, -0.25) is 0 Å². The minimum atomic E-state index is -0.577. The van der Waals surface area contributed by atoms with Gasteiger partial charge in [-0.15, -0.1) is 0 Å². The zero-order valence-electron chi connectivity index (χ0n) is 40.3. The van der Waals surface area contributed by atoms with E-state index in [0.29, 0.717) is 0 Å². The topological polar surface area (TPSA) is 24.9 Å². The van der Waals surface area contributed by atoms with Crippen LogP contribution in [0.15, 0.2) is 194 Å². The maximum atomic E-state index is 6.83. The summed E-state index contributed by atoms with van der Waals surface area (Å²) in [5.41, 5.74) is 18.2. The summed E-state index contributed by atoms with van der Waals surface area (Å²) in [6, 6.07) is 73.3. The molecule has 0 amide bonds. The Morgan fingerprint density at radius 3 is 1.07 bits per heavy atom. The third kappa shape index (κ3) is 5.65. The highest BCUT2D eigenvalue weighted by molar-refractivity contribution is 5.91. The van der Waals surface area contributed by atoms with Gasteiger partial charge in [0.25, 0.3) is 0 Å². The van der Waals surface area contributed by atoms with Gasteiger partial charge in [-0.25, -0.2) is 0 Å². The SMILES string of the molecule is COC12CCCCC1(C)N(c1ccccc1)c1ccc(-c3ccc4c(c3)C(c3ccccc3)(c3ccccc3)c3cc(-c5ccc6c(c5)C5(OC)CCCCC5(C)N6c5ccccc5)ccc3-4)cc12. The molecule has 8 aromatic carbocycles. The van der Waals surface area contributed by atoms with E-state index in [9.17, 15) is 0 Å². The van der Waals surface area contributed by atoms with Crippen LogP contribution >= 0.6 is 0 Å². The molecule has 2 saturated carbocycles. The molecule has 0 aromatic heterocycles. The molecule has 0 saturated heterocycles. The second-order valence-corrected chi connectivity index (χ2v) is 20.8. The average molecular weight is 901 g/mol. The van der Waals surface area contributed by atoms with E-state index < -0.39 is 16.6 Å². The second-order valence-electron chi connectivity index (χ2n) is 20.8. The van der Waals surface area contributed by atoms with Crippen LogP contribution in [-0.2, 0) is 26.1 Å². The van der Waals surface area contributed by atoms with Crippen molar-refractivity contribution in [2.75, 3.05) is 24.0 Å². The summed E-state index contributed by atoms with van der Waals surface area (Å²) >= 11 is 0. The van der Waals surface area contributed by atoms with Crippen LogP contribution in [0.5, 0.6) is 0 Å². The fourth-order valence-corrected chi connectivity index (χ4v) is 14.8. The van der Waals surface area contributed by atoms with Gasteiger partial charge in [-0.1, -0.05) is 159 Å². The summed E-state index contributed by atoms with van der Waals surface area (Å²) in [4.78, 5) is 5.18. The first-order valence-electron chi connectivity index (χ1n) is 25.3. The lowest BCUT2D eigenvalue weighted by molar-refractivity contribution is -0.0872. The Balaban J connectivity index is 0.991. The molecular weight excluding hydrogens is 841 g/mol. The highest BCUT2D eigenvalue weighted by Crippen LogP contribution is 2.64. The van der Waals surface area contributed by atoms with Crippen molar-refractivity contribution in [3.8, 4) is 33.4 Å². The molecule has 4 nitrogen and oxygen atoms in total. The maximum absolute atomic E-state index is 6.83. The molecule has 4 unspecified atom stereocenters. The summed E-state index contributed by atoms with van der Waals surface area (Å²) in [6.45, 7) is 4.87. The van der Waals surface area contributed by atoms with E-state index in [-0.39, 0.29) is 11.1 Å². The van der Waals surface area contributed by atoms with E-state index >= 15 is 0 Å². The zero-order chi connectivity index (χ0) is 46.6. The van der Waals surface area contributed by atoms with Crippen LogP contribution in [0.25, 0.3) is 33.4 Å². The van der Waals surface area contributed by atoms with Gasteiger partial charge >= 0.3 is 0 Å². The normalized spacial score (nSPS) is 24.8. The maximum Gasteiger partial charge on any atom is 0.118 e. The van der Waals surface area contributed by atoms with Gasteiger partial charge < -0.3 is 19.3 Å². The molecule has 69 heavy (non-hydrogen) atoms. The fraction of sp³-hybridized carbons (Fsp3) is 0.262. The van der Waals surface area contributed by atoms with Crippen LogP contribution in [0, 0.1) is 0 Å². The summed E-state index contributed by atoms with van der Waals surface area (Å²) in [6.07, 6.45) is 8.80. The lowest BCUT2D eigenvalue weighted by Gasteiger charge is -2.50. The lowest BCUT2D eigenvalue weighted by Crippen LogP contribution is -2.57. The van der Waals surface area contributed by atoms with E-state index in [2.05, 4.69) is 218 Å². The molecule has 13 rings (SSSR count). The van der Waals surface area contributed by atoms with Gasteiger partial charge in [0.1, 0.15) is 11.2 Å². The number of hydrogen-bond acceptors (Lipinski definition) is 4. The van der Waals surface area contributed by atoms with Crippen molar-refractivity contribution in [1.82, 2.24) is 0 Å². The summed E-state index contributed by atoms with van der Waals surface area (Å²) in [5.74, 6) is 0. The first kappa shape index (κ1) is 42.4. The highest BCUT2D eigenvalue weighted by Gasteiger charge is 2.62. The fourth-order valence-electron chi connectivity index (χ4n) is 14.8. The van der Waals surface area contributed by atoms with Gasteiger partial charge in [0.15, 0.2) is 0 Å². The average Bonchev–Trinajstić information content (AvgIpc) is 3.93. The molecule has 2 fully saturated rings. The van der Waals surface area contributed by atoms with Crippen LogP contribution in [0.3, 0.4) is 0 Å². The van der Waals surface area contributed by atoms with Crippen LogP contribution in [0.2, 0.25) is 0 Å². The number of anilines is 4. The van der Waals surface area contributed by atoms with Crippen LogP contribution in [0.1, 0.15) is 98.6 Å². The number of ether oxygens (including phenoxy) is 2. The largest absolute Gasteiger partial charge is 0.371 e. The molecule has 342 valence electrons. The Hall–Kier alpha value is -6.72. The van der Waals surface area contributed by atoms with Gasteiger partial charge in [0.2, 0.25) is 0 Å². The Morgan fingerprint density at radius 1 is 0.362 bits per heavy atom. The van der Waals surface area contributed by atoms with Crippen molar-refractivity contribution < 1.29 is 9.47 Å². The van der Waals surface area contributed by atoms with Gasteiger partial charge in [0.05, 0.1) is 16.5 Å². The first-order valence-corrected chi connectivity index (χ1v) is 25.3. The molecule has 0 radical (unpaired) electrons. The molecule has 8 aromatic rings. The molecule has 2 aliphatic heterocycles. The summed E-state index contributed by atoms with van der Waals surface area (Å²) in [7, 11) is 3.88. The number of rotatable bonds is 8. The molecule has 4 heteroatoms. The van der Waals surface area contributed by atoms with Crippen molar-refractivity contribution >= 4 is 22.7 Å². The predicted molar refractivity (Wildman–Crippen MR) is 283 cm³/mol. The lowest BCUT2D eigenvalue weighted by atomic mass is 9.67. The smallest absolute Gasteiger partial charge is 0.118 e. The Labute approximate surface area is 408 Å². The van der Waals surface area contributed by atoms with Gasteiger partial charge in [-0.2, -0.15) is 0 Å². The van der Waals surface area contributed by atoms with Crippen molar-refractivity contribution in [2.45, 2.75) is 92.9 Å². The van der Waals surface area contributed by atoms with E-state index in [4.69, 9.17) is 9.47 Å². The summed E-state index contributed by atoms with van der Waals surface area (Å²) < 4.78 is 13.7. The first-order chi connectivity index (χ1) is 33.8. The second kappa shape index (κ2) is 15.7. The molecule has 2 heterocycles. The predicted octanol–water partition coefficient (Wildman–Crippen LogP) is 16.0. The minimum Gasteiger partial charge on any atom is -0.371 e. The Kier molecular flexibility index (Phi) is 9.61. The van der Waals surface area contributed by atoms with E-state index in [0.717, 1.165) is 38.5 Å². The van der Waals surface area contributed by atoms with E-state index in [1.807, 2.05) is 14.2 Å². The number of nitrogens with zero attached hydrogens (tertiary/aromatic N) is 2. The van der Waals surface area contributed by atoms with Gasteiger partial charge in [-0.05, 0) is 156 Å². The van der Waals surface area contributed by atoms with Gasteiger partial charge in [0, 0.05) is 48.1 Å².